The van der Waals surface area contributed by atoms with Crippen molar-refractivity contribution in [2.24, 2.45) is 0 Å². The molecule has 1 heterocycles. The summed E-state index contributed by atoms with van der Waals surface area (Å²) in [6.45, 7) is 1.81. The van der Waals surface area contributed by atoms with Crippen molar-refractivity contribution < 1.29 is 9.00 Å². The van der Waals surface area contributed by atoms with Crippen molar-refractivity contribution in [1.82, 2.24) is 9.97 Å². The Kier molecular flexibility index (Phi) is 4.57. The quantitative estimate of drug-likeness (QED) is 0.933. The van der Waals surface area contributed by atoms with Gasteiger partial charge in [-0.1, -0.05) is 12.1 Å². The van der Waals surface area contributed by atoms with Gasteiger partial charge in [-0.2, -0.15) is 0 Å². The van der Waals surface area contributed by atoms with Crippen molar-refractivity contribution >= 4 is 22.4 Å². The lowest BCUT2D eigenvalue weighted by atomic mass is 10.2. The van der Waals surface area contributed by atoms with Gasteiger partial charge >= 0.3 is 0 Å². The second kappa shape index (κ2) is 6.38. The minimum absolute atomic E-state index is 0.264. The number of carbonyl (C=O) groups is 1. The van der Waals surface area contributed by atoms with Crippen LogP contribution in [0.2, 0.25) is 0 Å². The predicted octanol–water partition coefficient (Wildman–Crippen LogP) is 1.92. The first-order valence-corrected chi connectivity index (χ1v) is 7.76. The van der Waals surface area contributed by atoms with E-state index in [4.69, 9.17) is 0 Å². The molecule has 0 aliphatic rings. The van der Waals surface area contributed by atoms with Gasteiger partial charge in [0.05, 0.1) is 11.9 Å². The number of rotatable bonds is 4. The van der Waals surface area contributed by atoms with Crippen LogP contribution in [0.3, 0.4) is 0 Å². The number of aromatic nitrogens is 2. The van der Waals surface area contributed by atoms with Crippen LogP contribution in [0.5, 0.6) is 0 Å². The Balaban J connectivity index is 2.11. The fraction of sp³-hybridized carbons (Fsp3) is 0.214. The van der Waals surface area contributed by atoms with Crippen LogP contribution in [-0.2, 0) is 16.6 Å². The average Bonchev–Trinajstić information content (AvgIpc) is 2.39. The van der Waals surface area contributed by atoms with Crippen LogP contribution in [0.25, 0.3) is 0 Å². The lowest BCUT2D eigenvalue weighted by molar-refractivity contribution is 0.102. The van der Waals surface area contributed by atoms with Crippen LogP contribution >= 0.6 is 0 Å². The zero-order valence-corrected chi connectivity index (χ0v) is 12.1. The lowest BCUT2D eigenvalue weighted by Crippen LogP contribution is -2.14. The number of nitrogens with zero attached hydrogens (tertiary/aromatic N) is 2. The van der Waals surface area contributed by atoms with Gasteiger partial charge < -0.3 is 5.32 Å². The first-order valence-electron chi connectivity index (χ1n) is 6.03. The molecule has 0 radical (unpaired) electrons. The Bertz CT molecular complexity index is 641. The van der Waals surface area contributed by atoms with Gasteiger partial charge in [-0.3, -0.25) is 14.0 Å². The molecular weight excluding hydrogens is 274 g/mol. The van der Waals surface area contributed by atoms with Crippen molar-refractivity contribution in [3.8, 4) is 0 Å². The molecule has 104 valence electrons. The highest BCUT2D eigenvalue weighted by atomic mass is 32.2. The summed E-state index contributed by atoms with van der Waals surface area (Å²) in [5.41, 5.74) is 2.59. The van der Waals surface area contributed by atoms with Gasteiger partial charge in [0.1, 0.15) is 5.69 Å². The number of hydrogen-bond donors (Lipinski definition) is 1. The summed E-state index contributed by atoms with van der Waals surface area (Å²) in [4.78, 5) is 20.0. The van der Waals surface area contributed by atoms with Gasteiger partial charge in [0.25, 0.3) is 5.91 Å². The molecule has 2 aromatic rings. The third kappa shape index (κ3) is 3.96. The summed E-state index contributed by atoms with van der Waals surface area (Å²) >= 11 is 0. The first kappa shape index (κ1) is 14.3. The number of nitrogens with one attached hydrogen (secondary N) is 1. The second-order valence-corrected chi connectivity index (χ2v) is 5.85. The van der Waals surface area contributed by atoms with Crippen LogP contribution in [-0.4, -0.2) is 26.3 Å². The summed E-state index contributed by atoms with van der Waals surface area (Å²) in [5.74, 6) is 0.154. The molecule has 1 unspecified atom stereocenters. The molecule has 5 nitrogen and oxygen atoms in total. The van der Waals surface area contributed by atoms with E-state index in [-0.39, 0.29) is 11.6 Å². The average molecular weight is 289 g/mol. The molecule has 6 heteroatoms. The molecule has 1 N–H and O–H groups in total. The van der Waals surface area contributed by atoms with E-state index in [2.05, 4.69) is 15.3 Å². The van der Waals surface area contributed by atoms with Crippen LogP contribution in [0, 0.1) is 6.92 Å². The highest BCUT2D eigenvalue weighted by Gasteiger charge is 2.08. The highest BCUT2D eigenvalue weighted by molar-refractivity contribution is 7.83. The molecule has 1 aromatic heterocycles. The van der Waals surface area contributed by atoms with Crippen molar-refractivity contribution in [2.45, 2.75) is 12.7 Å². The Morgan fingerprint density at radius 2 is 2.10 bits per heavy atom. The zero-order chi connectivity index (χ0) is 14.5. The number of benzene rings is 1. The molecule has 1 atom stereocenters. The van der Waals surface area contributed by atoms with Gasteiger partial charge in [-0.15, -0.1) is 0 Å². The van der Waals surface area contributed by atoms with Crippen molar-refractivity contribution in [3.05, 3.63) is 53.6 Å². The van der Waals surface area contributed by atoms with E-state index in [1.807, 2.05) is 19.1 Å². The first-order chi connectivity index (χ1) is 9.54. The maximum atomic E-state index is 12.0. The summed E-state index contributed by atoms with van der Waals surface area (Å²) in [6.07, 6.45) is 4.63. The molecule has 0 saturated carbocycles. The van der Waals surface area contributed by atoms with E-state index in [0.29, 0.717) is 11.4 Å². The maximum absolute atomic E-state index is 12.0. The van der Waals surface area contributed by atoms with Crippen LogP contribution in [0.15, 0.2) is 36.7 Å². The molecule has 0 spiro atoms. The van der Waals surface area contributed by atoms with Crippen molar-refractivity contribution in [1.29, 1.82) is 0 Å². The number of hydrogen-bond acceptors (Lipinski definition) is 4. The zero-order valence-electron chi connectivity index (χ0n) is 11.3. The predicted molar refractivity (Wildman–Crippen MR) is 78.9 cm³/mol. The van der Waals surface area contributed by atoms with E-state index in [1.165, 1.54) is 6.20 Å². The van der Waals surface area contributed by atoms with Gasteiger partial charge in [-0.25, -0.2) is 4.98 Å². The minimum atomic E-state index is -0.911. The molecule has 0 aliphatic heterocycles. The molecular formula is C14H15N3O2S. The topological polar surface area (TPSA) is 72.0 Å². The van der Waals surface area contributed by atoms with Crippen LogP contribution < -0.4 is 5.32 Å². The third-order valence-electron chi connectivity index (χ3n) is 2.57. The summed E-state index contributed by atoms with van der Waals surface area (Å²) in [6, 6.07) is 7.28. The number of aryl methyl sites for hydroxylation is 1. The fourth-order valence-corrected chi connectivity index (χ4v) is 2.33. The Morgan fingerprint density at radius 3 is 2.75 bits per heavy atom. The molecule has 2 rings (SSSR count). The van der Waals surface area contributed by atoms with E-state index in [1.54, 1.807) is 24.6 Å². The van der Waals surface area contributed by atoms with Gasteiger partial charge in [0.15, 0.2) is 0 Å². The molecule has 1 amide bonds. The standard InChI is InChI=1S/C14H15N3O2S/c1-10-7-16-13(8-15-10)14(18)17-12-5-3-4-11(6-12)9-20(2)19/h3-8H,9H2,1-2H3,(H,17,18). The van der Waals surface area contributed by atoms with Crippen molar-refractivity contribution in [3.63, 3.8) is 0 Å². The summed E-state index contributed by atoms with van der Waals surface area (Å²) in [5, 5.41) is 2.75. The number of amides is 1. The molecule has 0 bridgehead atoms. The summed E-state index contributed by atoms with van der Waals surface area (Å²) in [7, 11) is -0.911. The van der Waals surface area contributed by atoms with Gasteiger partial charge in [0.2, 0.25) is 0 Å². The Hall–Kier alpha value is -2.08. The SMILES string of the molecule is Cc1cnc(C(=O)Nc2cccc(CS(C)=O)c2)cn1. The summed E-state index contributed by atoms with van der Waals surface area (Å²) < 4.78 is 11.2. The fourth-order valence-electron chi connectivity index (χ4n) is 1.68. The number of anilines is 1. The Labute approximate surface area is 119 Å². The smallest absolute Gasteiger partial charge is 0.275 e. The molecule has 0 fully saturated rings. The lowest BCUT2D eigenvalue weighted by Gasteiger charge is -2.06. The van der Waals surface area contributed by atoms with Crippen LogP contribution in [0.1, 0.15) is 21.7 Å². The maximum Gasteiger partial charge on any atom is 0.275 e. The van der Waals surface area contributed by atoms with Gasteiger partial charge in [0, 0.05) is 34.7 Å². The third-order valence-corrected chi connectivity index (χ3v) is 3.31. The normalized spacial score (nSPS) is 11.9. The molecule has 0 aliphatic carbocycles. The second-order valence-electron chi connectivity index (χ2n) is 4.42. The monoisotopic (exact) mass is 289 g/mol. The van der Waals surface area contributed by atoms with E-state index < -0.39 is 10.8 Å². The van der Waals surface area contributed by atoms with E-state index >= 15 is 0 Å². The minimum Gasteiger partial charge on any atom is -0.321 e. The largest absolute Gasteiger partial charge is 0.321 e. The Morgan fingerprint density at radius 1 is 1.30 bits per heavy atom. The highest BCUT2D eigenvalue weighted by Crippen LogP contribution is 2.13. The molecule has 1 aromatic carbocycles. The number of carbonyl (C=O) groups excluding carboxylic acids is 1. The van der Waals surface area contributed by atoms with E-state index in [0.717, 1.165) is 11.3 Å². The molecule has 20 heavy (non-hydrogen) atoms. The van der Waals surface area contributed by atoms with E-state index in [9.17, 15) is 9.00 Å². The van der Waals surface area contributed by atoms with Crippen LogP contribution in [0.4, 0.5) is 5.69 Å². The van der Waals surface area contributed by atoms with Gasteiger partial charge in [-0.05, 0) is 24.6 Å². The molecule has 0 saturated heterocycles. The van der Waals surface area contributed by atoms with Crippen molar-refractivity contribution in [2.75, 3.05) is 11.6 Å².